The van der Waals surface area contributed by atoms with Crippen molar-refractivity contribution in [3.05, 3.63) is 70.8 Å². The second kappa shape index (κ2) is 8.72. The smallest absolute Gasteiger partial charge is 0.315 e. The third kappa shape index (κ3) is 5.76. The van der Waals surface area contributed by atoms with Crippen molar-refractivity contribution in [3.8, 4) is 0 Å². The summed E-state index contributed by atoms with van der Waals surface area (Å²) in [6.45, 7) is 5.22. The Morgan fingerprint density at radius 1 is 0.750 bits per heavy atom. The molecule has 24 heavy (non-hydrogen) atoms. The van der Waals surface area contributed by atoms with E-state index in [1.165, 1.54) is 5.56 Å². The quantitative estimate of drug-likeness (QED) is 0.714. The monoisotopic (exact) mass is 325 g/mol. The predicted octanol–water partition coefficient (Wildman–Crippen LogP) is 2.53. The summed E-state index contributed by atoms with van der Waals surface area (Å²) in [6, 6.07) is 15.1. The maximum atomic E-state index is 11.9. The second-order valence-electron chi connectivity index (χ2n) is 5.72. The van der Waals surface area contributed by atoms with Crippen LogP contribution in [0.15, 0.2) is 48.5 Å². The van der Waals surface area contributed by atoms with Gasteiger partial charge in [-0.1, -0.05) is 47.5 Å². The van der Waals surface area contributed by atoms with Crippen LogP contribution in [0.2, 0.25) is 0 Å². The van der Waals surface area contributed by atoms with Gasteiger partial charge in [-0.25, -0.2) is 4.79 Å². The number of urea groups is 1. The summed E-state index contributed by atoms with van der Waals surface area (Å²) in [6.07, 6.45) is 0. The molecule has 0 saturated heterocycles. The van der Waals surface area contributed by atoms with Gasteiger partial charge in [0.2, 0.25) is 0 Å². The van der Waals surface area contributed by atoms with Gasteiger partial charge in [0.25, 0.3) is 5.91 Å². The highest BCUT2D eigenvalue weighted by Gasteiger charge is 2.04. The van der Waals surface area contributed by atoms with E-state index >= 15 is 0 Å². The molecule has 2 aromatic rings. The lowest BCUT2D eigenvalue weighted by molar-refractivity contribution is 0.0954. The summed E-state index contributed by atoms with van der Waals surface area (Å²) in [4.78, 5) is 23.6. The molecule has 2 rings (SSSR count). The number of benzene rings is 2. The SMILES string of the molecule is Cc1ccc(CNC(=O)NCCNC(=O)c2ccc(C)cc2)cc1. The summed E-state index contributed by atoms with van der Waals surface area (Å²) >= 11 is 0. The maximum absolute atomic E-state index is 11.9. The number of hydrogen-bond donors (Lipinski definition) is 3. The van der Waals surface area contributed by atoms with Crippen LogP contribution in [0.3, 0.4) is 0 Å². The molecule has 0 saturated carbocycles. The molecule has 0 spiro atoms. The van der Waals surface area contributed by atoms with Gasteiger partial charge in [-0.15, -0.1) is 0 Å². The van der Waals surface area contributed by atoms with Crippen molar-refractivity contribution in [1.82, 2.24) is 16.0 Å². The van der Waals surface area contributed by atoms with Gasteiger partial charge in [0.05, 0.1) is 0 Å². The van der Waals surface area contributed by atoms with Gasteiger partial charge in [0.1, 0.15) is 0 Å². The fourth-order valence-corrected chi connectivity index (χ4v) is 2.11. The van der Waals surface area contributed by atoms with Crippen molar-refractivity contribution in [3.63, 3.8) is 0 Å². The molecule has 126 valence electrons. The third-order valence-corrected chi connectivity index (χ3v) is 3.58. The molecule has 3 N–H and O–H groups in total. The number of rotatable bonds is 6. The molecule has 0 heterocycles. The van der Waals surface area contributed by atoms with Crippen molar-refractivity contribution < 1.29 is 9.59 Å². The number of carbonyl (C=O) groups excluding carboxylic acids is 2. The van der Waals surface area contributed by atoms with Crippen molar-refractivity contribution in [2.45, 2.75) is 20.4 Å². The van der Waals surface area contributed by atoms with Crippen LogP contribution in [0, 0.1) is 13.8 Å². The highest BCUT2D eigenvalue weighted by Crippen LogP contribution is 2.03. The van der Waals surface area contributed by atoms with Crippen LogP contribution in [0.5, 0.6) is 0 Å². The number of hydrogen-bond acceptors (Lipinski definition) is 2. The Hall–Kier alpha value is -2.82. The minimum Gasteiger partial charge on any atom is -0.350 e. The van der Waals surface area contributed by atoms with Crippen LogP contribution in [0.1, 0.15) is 27.0 Å². The van der Waals surface area contributed by atoms with Crippen LogP contribution < -0.4 is 16.0 Å². The molecule has 0 fully saturated rings. The first-order chi connectivity index (χ1) is 11.5. The molecule has 0 aliphatic rings. The Kier molecular flexibility index (Phi) is 6.37. The standard InChI is InChI=1S/C19H23N3O2/c1-14-3-7-16(8-4-14)13-22-19(24)21-12-11-20-18(23)17-9-5-15(2)6-10-17/h3-10H,11-13H2,1-2H3,(H,20,23)(H2,21,22,24). The first-order valence-corrected chi connectivity index (χ1v) is 7.97. The van der Waals surface area contributed by atoms with E-state index in [0.717, 1.165) is 11.1 Å². The third-order valence-electron chi connectivity index (χ3n) is 3.58. The van der Waals surface area contributed by atoms with E-state index in [2.05, 4.69) is 16.0 Å². The Morgan fingerprint density at radius 2 is 1.29 bits per heavy atom. The summed E-state index contributed by atoms with van der Waals surface area (Å²) in [7, 11) is 0. The maximum Gasteiger partial charge on any atom is 0.315 e. The van der Waals surface area contributed by atoms with Gasteiger partial charge in [-0.2, -0.15) is 0 Å². The number of aryl methyl sites for hydroxylation is 2. The molecule has 0 radical (unpaired) electrons. The molecule has 0 unspecified atom stereocenters. The molecule has 0 bridgehead atoms. The van der Waals surface area contributed by atoms with Gasteiger partial charge in [0.15, 0.2) is 0 Å². The number of carbonyl (C=O) groups is 2. The van der Waals surface area contributed by atoms with E-state index in [1.807, 2.05) is 50.2 Å². The Morgan fingerprint density at radius 3 is 1.92 bits per heavy atom. The summed E-state index contributed by atoms with van der Waals surface area (Å²) in [5.74, 6) is -0.142. The fourth-order valence-electron chi connectivity index (χ4n) is 2.11. The molecule has 5 nitrogen and oxygen atoms in total. The van der Waals surface area contributed by atoms with E-state index in [-0.39, 0.29) is 11.9 Å². The molecule has 0 atom stereocenters. The summed E-state index contributed by atoms with van der Waals surface area (Å²) in [5.41, 5.74) is 3.96. The van der Waals surface area contributed by atoms with Crippen LogP contribution in [-0.2, 0) is 6.54 Å². The lowest BCUT2D eigenvalue weighted by atomic mass is 10.1. The molecule has 0 aliphatic heterocycles. The first-order valence-electron chi connectivity index (χ1n) is 7.97. The van der Waals surface area contributed by atoms with Crippen molar-refractivity contribution >= 4 is 11.9 Å². The molecule has 0 aliphatic carbocycles. The highest BCUT2D eigenvalue weighted by molar-refractivity contribution is 5.94. The Balaban J connectivity index is 1.63. The van der Waals surface area contributed by atoms with Crippen molar-refractivity contribution in [2.24, 2.45) is 0 Å². The second-order valence-corrected chi connectivity index (χ2v) is 5.72. The Labute approximate surface area is 142 Å². The zero-order valence-corrected chi connectivity index (χ0v) is 14.1. The van der Waals surface area contributed by atoms with E-state index in [0.29, 0.717) is 25.2 Å². The van der Waals surface area contributed by atoms with E-state index in [4.69, 9.17) is 0 Å². The zero-order valence-electron chi connectivity index (χ0n) is 14.1. The molecule has 0 aromatic heterocycles. The van der Waals surface area contributed by atoms with Gasteiger partial charge < -0.3 is 16.0 Å². The normalized spacial score (nSPS) is 10.1. The average molecular weight is 325 g/mol. The first kappa shape index (κ1) is 17.5. The van der Waals surface area contributed by atoms with Crippen molar-refractivity contribution in [2.75, 3.05) is 13.1 Å². The van der Waals surface area contributed by atoms with Crippen LogP contribution in [-0.4, -0.2) is 25.0 Å². The number of amides is 3. The lowest BCUT2D eigenvalue weighted by Crippen LogP contribution is -2.40. The molecule has 3 amide bonds. The average Bonchev–Trinajstić information content (AvgIpc) is 2.58. The van der Waals surface area contributed by atoms with Crippen LogP contribution in [0.25, 0.3) is 0 Å². The van der Waals surface area contributed by atoms with E-state index in [9.17, 15) is 9.59 Å². The highest BCUT2D eigenvalue weighted by atomic mass is 16.2. The molecule has 2 aromatic carbocycles. The van der Waals surface area contributed by atoms with Crippen LogP contribution >= 0.6 is 0 Å². The minimum atomic E-state index is -0.250. The largest absolute Gasteiger partial charge is 0.350 e. The van der Waals surface area contributed by atoms with Gasteiger partial charge >= 0.3 is 6.03 Å². The molecule has 5 heteroatoms. The van der Waals surface area contributed by atoms with E-state index in [1.54, 1.807) is 12.1 Å². The fraction of sp³-hybridized carbons (Fsp3) is 0.263. The van der Waals surface area contributed by atoms with Gasteiger partial charge in [-0.05, 0) is 31.5 Å². The molecular weight excluding hydrogens is 302 g/mol. The lowest BCUT2D eigenvalue weighted by Gasteiger charge is -2.09. The minimum absolute atomic E-state index is 0.142. The predicted molar refractivity (Wildman–Crippen MR) is 94.9 cm³/mol. The van der Waals surface area contributed by atoms with Crippen molar-refractivity contribution in [1.29, 1.82) is 0 Å². The van der Waals surface area contributed by atoms with Gasteiger partial charge in [0, 0.05) is 25.2 Å². The van der Waals surface area contributed by atoms with E-state index < -0.39 is 0 Å². The Bertz CT molecular complexity index is 679. The zero-order chi connectivity index (χ0) is 17.4. The topological polar surface area (TPSA) is 70.2 Å². The summed E-state index contributed by atoms with van der Waals surface area (Å²) in [5, 5.41) is 8.27. The molecular formula is C19H23N3O2. The van der Waals surface area contributed by atoms with Crippen LogP contribution in [0.4, 0.5) is 4.79 Å². The summed E-state index contributed by atoms with van der Waals surface area (Å²) < 4.78 is 0. The van der Waals surface area contributed by atoms with Gasteiger partial charge in [-0.3, -0.25) is 4.79 Å². The number of nitrogens with one attached hydrogen (secondary N) is 3.